The van der Waals surface area contributed by atoms with E-state index in [4.69, 9.17) is 10.5 Å². The number of rotatable bonds is 9. The first-order chi connectivity index (χ1) is 10.3. The van der Waals surface area contributed by atoms with Gasteiger partial charge in [0, 0.05) is 6.26 Å². The van der Waals surface area contributed by atoms with Gasteiger partial charge in [-0.1, -0.05) is 0 Å². The lowest BCUT2D eigenvalue weighted by atomic mass is 10.2. The minimum Gasteiger partial charge on any atom is -0.492 e. The highest BCUT2D eigenvalue weighted by molar-refractivity contribution is 7.98. The highest BCUT2D eigenvalue weighted by Crippen LogP contribution is 2.15. The van der Waals surface area contributed by atoms with Gasteiger partial charge in [-0.15, -0.1) is 12.4 Å². The summed E-state index contributed by atoms with van der Waals surface area (Å²) in [5, 5.41) is 2.70. The summed E-state index contributed by atoms with van der Waals surface area (Å²) in [5.74, 6) is 1.20. The van der Waals surface area contributed by atoms with Crippen LogP contribution in [0, 0.1) is 0 Å². The van der Waals surface area contributed by atoms with Gasteiger partial charge in [0.1, 0.15) is 12.4 Å². The number of nitrogens with one attached hydrogen (secondary N) is 1. The maximum Gasteiger partial charge on any atom is 0.237 e. The number of benzene rings is 1. The summed E-state index contributed by atoms with van der Waals surface area (Å²) in [6, 6.07) is 5.65. The van der Waals surface area contributed by atoms with E-state index in [1.807, 2.05) is 6.26 Å². The van der Waals surface area contributed by atoms with E-state index < -0.39 is 15.9 Å². The molecule has 1 aromatic carbocycles. The van der Waals surface area contributed by atoms with Crippen molar-refractivity contribution in [2.45, 2.75) is 17.4 Å². The van der Waals surface area contributed by atoms with Gasteiger partial charge in [-0.25, -0.2) is 8.42 Å². The summed E-state index contributed by atoms with van der Waals surface area (Å²) in [6.07, 6.45) is 3.76. The van der Waals surface area contributed by atoms with Gasteiger partial charge in [0.15, 0.2) is 9.84 Å². The number of hydrogen-bond acceptors (Lipinski definition) is 6. The van der Waals surface area contributed by atoms with Gasteiger partial charge in [-0.05, 0) is 42.7 Å². The molecule has 1 rings (SSSR count). The van der Waals surface area contributed by atoms with Crippen LogP contribution in [0.5, 0.6) is 5.75 Å². The molecule has 9 heteroatoms. The zero-order chi connectivity index (χ0) is 16.6. The van der Waals surface area contributed by atoms with Crippen molar-refractivity contribution in [2.75, 3.05) is 31.4 Å². The molecule has 0 fully saturated rings. The molecule has 0 aliphatic heterocycles. The van der Waals surface area contributed by atoms with Gasteiger partial charge in [0.25, 0.3) is 0 Å². The first-order valence-corrected chi connectivity index (χ1v) is 10.1. The number of carbonyl (C=O) groups excluding carboxylic acids is 1. The van der Waals surface area contributed by atoms with Gasteiger partial charge < -0.3 is 15.8 Å². The van der Waals surface area contributed by atoms with Crippen LogP contribution in [0.2, 0.25) is 0 Å². The van der Waals surface area contributed by atoms with Crippen molar-refractivity contribution in [1.82, 2.24) is 5.32 Å². The van der Waals surface area contributed by atoms with E-state index in [9.17, 15) is 13.2 Å². The highest BCUT2D eigenvalue weighted by atomic mass is 35.5. The molecular formula is C14H23ClN2O4S2. The van der Waals surface area contributed by atoms with E-state index in [-0.39, 0.29) is 23.2 Å². The van der Waals surface area contributed by atoms with E-state index in [1.165, 1.54) is 12.1 Å². The molecule has 0 radical (unpaired) electrons. The van der Waals surface area contributed by atoms with E-state index in [1.54, 1.807) is 23.9 Å². The van der Waals surface area contributed by atoms with Crippen LogP contribution in [0.3, 0.4) is 0 Å². The predicted octanol–water partition coefficient (Wildman–Crippen LogP) is 1.09. The minimum atomic E-state index is -3.20. The second kappa shape index (κ2) is 10.7. The Bertz CT molecular complexity index is 579. The molecular weight excluding hydrogens is 360 g/mol. The molecule has 1 aromatic rings. The second-order valence-corrected chi connectivity index (χ2v) is 7.77. The fraction of sp³-hybridized carbons (Fsp3) is 0.500. The maximum absolute atomic E-state index is 11.6. The summed E-state index contributed by atoms with van der Waals surface area (Å²) >= 11 is 1.65. The summed E-state index contributed by atoms with van der Waals surface area (Å²) in [7, 11) is -3.20. The summed E-state index contributed by atoms with van der Waals surface area (Å²) in [5.41, 5.74) is 5.73. The van der Waals surface area contributed by atoms with Crippen molar-refractivity contribution in [3.05, 3.63) is 24.3 Å². The topological polar surface area (TPSA) is 98.5 Å². The highest BCUT2D eigenvalue weighted by Gasteiger charge is 2.12. The lowest BCUT2D eigenvalue weighted by Gasteiger charge is -2.12. The van der Waals surface area contributed by atoms with Crippen molar-refractivity contribution in [2.24, 2.45) is 5.73 Å². The summed E-state index contributed by atoms with van der Waals surface area (Å²) in [6.45, 7) is 0.638. The number of halogens is 1. The molecule has 0 heterocycles. The Balaban J connectivity index is 0.00000484. The molecule has 23 heavy (non-hydrogen) atoms. The predicted molar refractivity (Wildman–Crippen MR) is 96.3 cm³/mol. The molecule has 1 amide bonds. The van der Waals surface area contributed by atoms with Crippen molar-refractivity contribution >= 4 is 39.9 Å². The molecule has 0 aromatic heterocycles. The SMILES string of the molecule is CSCC[C@H](N)C(=O)NCCOc1ccc(S(C)(=O)=O)cc1.Cl. The molecule has 0 aliphatic carbocycles. The third-order valence-corrected chi connectivity index (χ3v) is 4.66. The quantitative estimate of drug-likeness (QED) is 0.620. The van der Waals surface area contributed by atoms with Gasteiger partial charge in [-0.3, -0.25) is 4.79 Å². The number of ether oxygens (including phenoxy) is 1. The zero-order valence-electron chi connectivity index (χ0n) is 13.2. The number of nitrogens with two attached hydrogens (primary N) is 1. The smallest absolute Gasteiger partial charge is 0.237 e. The van der Waals surface area contributed by atoms with Crippen LogP contribution in [0.15, 0.2) is 29.2 Å². The fourth-order valence-electron chi connectivity index (χ4n) is 1.63. The third kappa shape index (κ3) is 8.45. The van der Waals surface area contributed by atoms with E-state index in [0.29, 0.717) is 25.3 Å². The van der Waals surface area contributed by atoms with Gasteiger partial charge in [0.05, 0.1) is 17.5 Å². The molecule has 0 spiro atoms. The van der Waals surface area contributed by atoms with E-state index in [2.05, 4.69) is 5.32 Å². The number of hydrogen-bond donors (Lipinski definition) is 2. The third-order valence-electron chi connectivity index (χ3n) is 2.89. The molecule has 0 bridgehead atoms. The first kappa shape index (κ1) is 22.0. The molecule has 0 unspecified atom stereocenters. The molecule has 0 saturated heterocycles. The Morgan fingerprint density at radius 3 is 2.48 bits per heavy atom. The largest absolute Gasteiger partial charge is 0.492 e. The number of sulfone groups is 1. The van der Waals surface area contributed by atoms with Crippen LogP contribution in [0.25, 0.3) is 0 Å². The molecule has 132 valence electrons. The van der Waals surface area contributed by atoms with Crippen LogP contribution in [-0.2, 0) is 14.6 Å². The normalized spacial score (nSPS) is 12.1. The van der Waals surface area contributed by atoms with Gasteiger partial charge >= 0.3 is 0 Å². The summed E-state index contributed by atoms with van der Waals surface area (Å²) < 4.78 is 28.1. The van der Waals surface area contributed by atoms with Crippen molar-refractivity contribution in [3.8, 4) is 5.75 Å². The average molecular weight is 383 g/mol. The Kier molecular flexibility index (Phi) is 10.3. The Morgan fingerprint density at radius 2 is 1.96 bits per heavy atom. The Labute approximate surface area is 147 Å². The lowest BCUT2D eigenvalue weighted by molar-refractivity contribution is -0.122. The second-order valence-electron chi connectivity index (χ2n) is 4.77. The number of carbonyl (C=O) groups is 1. The Hall–Kier alpha value is -0.960. The van der Waals surface area contributed by atoms with Crippen molar-refractivity contribution in [3.63, 3.8) is 0 Å². The minimum absolute atomic E-state index is 0. The summed E-state index contributed by atoms with van der Waals surface area (Å²) in [4.78, 5) is 11.9. The van der Waals surface area contributed by atoms with Crippen molar-refractivity contribution < 1.29 is 17.9 Å². The van der Waals surface area contributed by atoms with E-state index in [0.717, 1.165) is 12.0 Å². The standard InChI is InChI=1S/C14H22N2O4S2.ClH/c1-21-10-7-13(15)14(17)16-8-9-20-11-3-5-12(6-4-11)22(2,18)19;/h3-6,13H,7-10,15H2,1-2H3,(H,16,17);1H/t13-;/m0./s1. The van der Waals surface area contributed by atoms with Crippen molar-refractivity contribution in [1.29, 1.82) is 0 Å². The Morgan fingerprint density at radius 1 is 1.35 bits per heavy atom. The first-order valence-electron chi connectivity index (χ1n) is 6.79. The fourth-order valence-corrected chi connectivity index (χ4v) is 2.75. The molecule has 1 atom stereocenters. The molecule has 0 saturated carbocycles. The van der Waals surface area contributed by atoms with Crippen LogP contribution >= 0.6 is 24.2 Å². The van der Waals surface area contributed by atoms with Crippen LogP contribution < -0.4 is 15.8 Å². The van der Waals surface area contributed by atoms with Crippen LogP contribution in [-0.4, -0.2) is 51.8 Å². The average Bonchev–Trinajstić information content (AvgIpc) is 2.48. The molecule has 6 nitrogen and oxygen atoms in total. The van der Waals surface area contributed by atoms with E-state index >= 15 is 0 Å². The van der Waals surface area contributed by atoms with Gasteiger partial charge in [-0.2, -0.15) is 11.8 Å². The number of amides is 1. The monoisotopic (exact) mass is 382 g/mol. The zero-order valence-corrected chi connectivity index (χ0v) is 15.6. The molecule has 3 N–H and O–H groups in total. The molecule has 0 aliphatic rings. The number of thioether (sulfide) groups is 1. The van der Waals surface area contributed by atoms with Crippen LogP contribution in [0.1, 0.15) is 6.42 Å². The van der Waals surface area contributed by atoms with Gasteiger partial charge in [0.2, 0.25) is 5.91 Å². The maximum atomic E-state index is 11.6. The van der Waals surface area contributed by atoms with Crippen LogP contribution in [0.4, 0.5) is 0 Å². The lowest BCUT2D eigenvalue weighted by Crippen LogP contribution is -2.42.